The van der Waals surface area contributed by atoms with Crippen molar-refractivity contribution in [2.45, 2.75) is 0 Å². The van der Waals surface area contributed by atoms with Gasteiger partial charge in [0.25, 0.3) is 5.69 Å². The molecular formula is C18H18Cl2N4O3. The third-order valence-corrected chi connectivity index (χ3v) is 5.11. The molecule has 1 amide bonds. The molecule has 0 saturated carbocycles. The van der Waals surface area contributed by atoms with Crippen molar-refractivity contribution in [3.8, 4) is 0 Å². The van der Waals surface area contributed by atoms with Crippen LogP contribution in [0.15, 0.2) is 42.5 Å². The van der Waals surface area contributed by atoms with Gasteiger partial charge in [-0.1, -0.05) is 23.2 Å². The highest BCUT2D eigenvalue weighted by molar-refractivity contribution is 6.42. The van der Waals surface area contributed by atoms with Gasteiger partial charge in [0.1, 0.15) is 0 Å². The van der Waals surface area contributed by atoms with Crippen LogP contribution in [0.1, 0.15) is 0 Å². The molecule has 1 aliphatic heterocycles. The van der Waals surface area contributed by atoms with Gasteiger partial charge in [0.05, 0.1) is 21.5 Å². The van der Waals surface area contributed by atoms with Gasteiger partial charge in [-0.15, -0.1) is 0 Å². The Morgan fingerprint density at radius 2 is 1.70 bits per heavy atom. The predicted molar refractivity (Wildman–Crippen MR) is 107 cm³/mol. The van der Waals surface area contributed by atoms with Gasteiger partial charge in [-0.05, 0) is 30.3 Å². The van der Waals surface area contributed by atoms with E-state index in [1.165, 1.54) is 24.3 Å². The molecule has 0 aromatic heterocycles. The summed E-state index contributed by atoms with van der Waals surface area (Å²) >= 11 is 12.0. The molecule has 2 aromatic rings. The quantitative estimate of drug-likeness (QED) is 0.602. The second-order valence-electron chi connectivity index (χ2n) is 6.21. The Balaban J connectivity index is 1.49. The molecule has 0 aliphatic carbocycles. The number of anilines is 2. The van der Waals surface area contributed by atoms with Crippen molar-refractivity contribution in [3.63, 3.8) is 0 Å². The van der Waals surface area contributed by atoms with Crippen molar-refractivity contribution in [2.24, 2.45) is 0 Å². The first-order valence-corrected chi connectivity index (χ1v) is 9.14. The van der Waals surface area contributed by atoms with Gasteiger partial charge in [-0.25, -0.2) is 0 Å². The van der Waals surface area contributed by atoms with Crippen LogP contribution in [0.5, 0.6) is 0 Å². The van der Waals surface area contributed by atoms with Crippen molar-refractivity contribution in [3.05, 3.63) is 62.6 Å². The third kappa shape index (κ3) is 5.09. The van der Waals surface area contributed by atoms with E-state index in [0.717, 1.165) is 31.9 Å². The van der Waals surface area contributed by atoms with E-state index in [-0.39, 0.29) is 18.1 Å². The molecule has 7 nitrogen and oxygen atoms in total. The number of carbonyl (C=O) groups is 1. The highest BCUT2D eigenvalue weighted by Crippen LogP contribution is 2.27. The number of hydrogen-bond acceptors (Lipinski definition) is 5. The van der Waals surface area contributed by atoms with E-state index in [1.54, 1.807) is 6.07 Å². The van der Waals surface area contributed by atoms with Gasteiger partial charge in [-0.3, -0.25) is 19.8 Å². The highest BCUT2D eigenvalue weighted by atomic mass is 35.5. The molecular weight excluding hydrogens is 391 g/mol. The van der Waals surface area contributed by atoms with E-state index < -0.39 is 4.92 Å². The summed E-state index contributed by atoms with van der Waals surface area (Å²) in [4.78, 5) is 26.6. The Labute approximate surface area is 166 Å². The number of rotatable bonds is 5. The molecule has 0 unspecified atom stereocenters. The minimum absolute atomic E-state index is 0.00794. The monoisotopic (exact) mass is 408 g/mol. The average molecular weight is 409 g/mol. The highest BCUT2D eigenvalue weighted by Gasteiger charge is 2.20. The first-order valence-electron chi connectivity index (χ1n) is 8.39. The molecule has 0 spiro atoms. The van der Waals surface area contributed by atoms with Gasteiger partial charge in [-0.2, -0.15) is 0 Å². The SMILES string of the molecule is O=C(CN1CCN(c2ccc(Cl)c(Cl)c2)CC1)Nc1ccc([N+](=O)[O-])cc1. The van der Waals surface area contributed by atoms with Gasteiger partial charge in [0.2, 0.25) is 5.91 Å². The van der Waals surface area contributed by atoms with E-state index in [0.29, 0.717) is 15.7 Å². The molecule has 27 heavy (non-hydrogen) atoms. The standard InChI is InChI=1S/C18H18Cl2N4O3/c19-16-6-5-15(11-17(16)20)23-9-7-22(8-10-23)12-18(25)21-13-1-3-14(4-2-13)24(26)27/h1-6,11H,7-10,12H2,(H,21,25). The predicted octanol–water partition coefficient (Wildman–Crippen LogP) is 3.66. The number of nitro groups is 1. The Morgan fingerprint density at radius 3 is 2.30 bits per heavy atom. The van der Waals surface area contributed by atoms with E-state index in [9.17, 15) is 14.9 Å². The van der Waals surface area contributed by atoms with E-state index in [2.05, 4.69) is 15.1 Å². The Morgan fingerprint density at radius 1 is 1.04 bits per heavy atom. The number of amides is 1. The maximum Gasteiger partial charge on any atom is 0.269 e. The molecule has 1 aliphatic rings. The number of non-ortho nitro benzene ring substituents is 1. The summed E-state index contributed by atoms with van der Waals surface area (Å²) < 4.78 is 0. The topological polar surface area (TPSA) is 78.7 Å². The van der Waals surface area contributed by atoms with Crippen LogP contribution in [0.2, 0.25) is 10.0 Å². The Bertz CT molecular complexity index is 837. The first kappa shape index (κ1) is 19.4. The van der Waals surface area contributed by atoms with Crippen molar-refractivity contribution in [1.82, 2.24) is 4.90 Å². The van der Waals surface area contributed by atoms with Crippen LogP contribution >= 0.6 is 23.2 Å². The number of nitrogens with zero attached hydrogens (tertiary/aromatic N) is 3. The lowest BCUT2D eigenvalue weighted by molar-refractivity contribution is -0.384. The van der Waals surface area contributed by atoms with Crippen molar-refractivity contribution in [2.75, 3.05) is 42.9 Å². The number of nitro benzene ring substituents is 1. The summed E-state index contributed by atoms with van der Waals surface area (Å²) in [6.07, 6.45) is 0. The maximum atomic E-state index is 12.2. The van der Waals surface area contributed by atoms with Crippen molar-refractivity contribution in [1.29, 1.82) is 0 Å². The molecule has 142 valence electrons. The largest absolute Gasteiger partial charge is 0.369 e. The maximum absolute atomic E-state index is 12.2. The zero-order valence-corrected chi connectivity index (χ0v) is 15.9. The molecule has 1 saturated heterocycles. The molecule has 0 atom stereocenters. The second-order valence-corrected chi connectivity index (χ2v) is 7.03. The van der Waals surface area contributed by atoms with E-state index >= 15 is 0 Å². The lowest BCUT2D eigenvalue weighted by atomic mass is 10.2. The molecule has 0 radical (unpaired) electrons. The lowest BCUT2D eigenvalue weighted by Gasteiger charge is -2.35. The summed E-state index contributed by atoms with van der Waals surface area (Å²) in [6.45, 7) is 3.32. The average Bonchev–Trinajstić information content (AvgIpc) is 2.65. The summed E-state index contributed by atoms with van der Waals surface area (Å²) in [7, 11) is 0. The van der Waals surface area contributed by atoms with Gasteiger partial charge < -0.3 is 10.2 Å². The fraction of sp³-hybridized carbons (Fsp3) is 0.278. The normalized spacial score (nSPS) is 14.8. The van der Waals surface area contributed by atoms with Crippen LogP contribution in [0.3, 0.4) is 0 Å². The summed E-state index contributed by atoms with van der Waals surface area (Å²) in [5.41, 5.74) is 1.55. The summed E-state index contributed by atoms with van der Waals surface area (Å²) in [5, 5.41) is 14.5. The molecule has 3 rings (SSSR count). The molecule has 1 heterocycles. The van der Waals surface area contributed by atoms with E-state index in [4.69, 9.17) is 23.2 Å². The molecule has 1 N–H and O–H groups in total. The van der Waals surface area contributed by atoms with Crippen LogP contribution in [0.4, 0.5) is 17.1 Å². The summed E-state index contributed by atoms with van der Waals surface area (Å²) in [5.74, 6) is -0.146. The second kappa shape index (κ2) is 8.56. The van der Waals surface area contributed by atoms with Gasteiger partial charge >= 0.3 is 0 Å². The van der Waals surface area contributed by atoms with Crippen LogP contribution in [-0.4, -0.2) is 48.5 Å². The first-order chi connectivity index (χ1) is 12.9. The number of benzene rings is 2. The third-order valence-electron chi connectivity index (χ3n) is 4.37. The minimum Gasteiger partial charge on any atom is -0.369 e. The summed E-state index contributed by atoms with van der Waals surface area (Å²) in [6, 6.07) is 11.4. The fourth-order valence-corrected chi connectivity index (χ4v) is 3.21. The van der Waals surface area contributed by atoms with Crippen molar-refractivity contribution >= 4 is 46.2 Å². The Hall–Kier alpha value is -2.35. The number of halogens is 2. The number of piperazine rings is 1. The molecule has 2 aromatic carbocycles. The Kier molecular flexibility index (Phi) is 6.15. The molecule has 0 bridgehead atoms. The zero-order valence-electron chi connectivity index (χ0n) is 14.4. The van der Waals surface area contributed by atoms with Crippen LogP contribution in [0, 0.1) is 10.1 Å². The number of nitrogens with one attached hydrogen (secondary N) is 1. The van der Waals surface area contributed by atoms with E-state index in [1.807, 2.05) is 12.1 Å². The number of hydrogen-bond donors (Lipinski definition) is 1. The fourth-order valence-electron chi connectivity index (χ4n) is 2.92. The van der Waals surface area contributed by atoms with Crippen LogP contribution < -0.4 is 10.2 Å². The van der Waals surface area contributed by atoms with Crippen LogP contribution in [0.25, 0.3) is 0 Å². The zero-order chi connectivity index (χ0) is 19.4. The number of carbonyl (C=O) groups excluding carboxylic acids is 1. The lowest BCUT2D eigenvalue weighted by Crippen LogP contribution is -2.48. The van der Waals surface area contributed by atoms with Gasteiger partial charge in [0, 0.05) is 49.7 Å². The minimum atomic E-state index is -0.473. The van der Waals surface area contributed by atoms with Crippen molar-refractivity contribution < 1.29 is 9.72 Å². The van der Waals surface area contributed by atoms with Gasteiger partial charge in [0.15, 0.2) is 0 Å². The molecule has 9 heteroatoms. The smallest absolute Gasteiger partial charge is 0.269 e. The van der Waals surface area contributed by atoms with Crippen LogP contribution in [-0.2, 0) is 4.79 Å². The molecule has 1 fully saturated rings.